The van der Waals surface area contributed by atoms with E-state index in [4.69, 9.17) is 14.2 Å². The Bertz CT molecular complexity index is 355. The molecule has 0 fully saturated rings. The lowest BCUT2D eigenvalue weighted by Gasteiger charge is -2.10. The Kier molecular flexibility index (Phi) is 8.21. The van der Waals surface area contributed by atoms with Gasteiger partial charge in [0.15, 0.2) is 0 Å². The van der Waals surface area contributed by atoms with Gasteiger partial charge in [0.1, 0.15) is 5.75 Å². The molecule has 0 spiro atoms. The van der Waals surface area contributed by atoms with Crippen LogP contribution >= 0.6 is 0 Å². The van der Waals surface area contributed by atoms with E-state index in [-0.39, 0.29) is 0 Å². The summed E-state index contributed by atoms with van der Waals surface area (Å²) in [6.45, 7) is 5.98. The van der Waals surface area contributed by atoms with Gasteiger partial charge in [0, 0.05) is 20.2 Å². The number of aryl methyl sites for hydroxylation is 1. The molecule has 1 aromatic rings. The Labute approximate surface area is 116 Å². The fourth-order valence-corrected chi connectivity index (χ4v) is 1.83. The van der Waals surface area contributed by atoms with Crippen LogP contribution in [0.5, 0.6) is 5.75 Å². The van der Waals surface area contributed by atoms with Crippen LogP contribution in [0, 0.1) is 6.92 Å². The largest absolute Gasteiger partial charge is 0.496 e. The van der Waals surface area contributed by atoms with Crippen molar-refractivity contribution in [3.05, 3.63) is 29.3 Å². The smallest absolute Gasteiger partial charge is 0.122 e. The van der Waals surface area contributed by atoms with Crippen LogP contribution in [-0.4, -0.2) is 47.1 Å². The maximum Gasteiger partial charge on any atom is 0.122 e. The lowest BCUT2D eigenvalue weighted by Crippen LogP contribution is -2.23. The van der Waals surface area contributed by atoms with Crippen molar-refractivity contribution in [3.63, 3.8) is 0 Å². The minimum Gasteiger partial charge on any atom is -0.496 e. The SMILES string of the molecule is COCCNCCOCCc1cc(C)ccc1OC. The third-order valence-electron chi connectivity index (χ3n) is 2.86. The normalized spacial score (nSPS) is 10.7. The molecule has 0 radical (unpaired) electrons. The molecule has 0 aromatic heterocycles. The van der Waals surface area contributed by atoms with Crippen LogP contribution in [0.4, 0.5) is 0 Å². The lowest BCUT2D eigenvalue weighted by atomic mass is 10.1. The van der Waals surface area contributed by atoms with Crippen LogP contribution in [0.2, 0.25) is 0 Å². The molecule has 0 aliphatic heterocycles. The first kappa shape index (κ1) is 16.0. The summed E-state index contributed by atoms with van der Waals surface area (Å²) in [5, 5.41) is 3.24. The fourth-order valence-electron chi connectivity index (χ4n) is 1.83. The van der Waals surface area contributed by atoms with E-state index in [0.717, 1.165) is 38.5 Å². The van der Waals surface area contributed by atoms with Crippen molar-refractivity contribution in [3.8, 4) is 5.75 Å². The molecule has 0 aliphatic carbocycles. The van der Waals surface area contributed by atoms with Crippen LogP contribution in [0.3, 0.4) is 0 Å². The molecular formula is C15H25NO3. The van der Waals surface area contributed by atoms with E-state index in [1.54, 1.807) is 14.2 Å². The first-order valence-corrected chi connectivity index (χ1v) is 6.69. The van der Waals surface area contributed by atoms with Crippen molar-refractivity contribution < 1.29 is 14.2 Å². The predicted octanol–water partition coefficient (Wildman–Crippen LogP) is 1.80. The monoisotopic (exact) mass is 267 g/mol. The average Bonchev–Trinajstić information content (AvgIpc) is 2.42. The Balaban J connectivity index is 2.17. The highest BCUT2D eigenvalue weighted by molar-refractivity contribution is 5.36. The molecule has 0 aliphatic rings. The van der Waals surface area contributed by atoms with Crippen molar-refractivity contribution in [2.45, 2.75) is 13.3 Å². The summed E-state index contributed by atoms with van der Waals surface area (Å²) >= 11 is 0. The van der Waals surface area contributed by atoms with Gasteiger partial charge < -0.3 is 19.5 Å². The van der Waals surface area contributed by atoms with E-state index < -0.39 is 0 Å². The van der Waals surface area contributed by atoms with E-state index in [2.05, 4.69) is 24.4 Å². The molecule has 0 unspecified atom stereocenters. The van der Waals surface area contributed by atoms with Gasteiger partial charge >= 0.3 is 0 Å². The molecule has 0 saturated heterocycles. The second kappa shape index (κ2) is 9.78. The van der Waals surface area contributed by atoms with Gasteiger partial charge in [-0.15, -0.1) is 0 Å². The molecule has 19 heavy (non-hydrogen) atoms. The number of rotatable bonds is 10. The van der Waals surface area contributed by atoms with Crippen LogP contribution in [0.15, 0.2) is 18.2 Å². The quantitative estimate of drug-likeness (QED) is 0.656. The Hall–Kier alpha value is -1.10. The summed E-state index contributed by atoms with van der Waals surface area (Å²) in [4.78, 5) is 0. The van der Waals surface area contributed by atoms with Gasteiger partial charge in [-0.2, -0.15) is 0 Å². The molecule has 0 saturated carbocycles. The van der Waals surface area contributed by atoms with Crippen molar-refractivity contribution in [2.75, 3.05) is 47.1 Å². The zero-order chi connectivity index (χ0) is 13.9. The second-order valence-electron chi connectivity index (χ2n) is 4.42. The molecule has 108 valence electrons. The standard InChI is InChI=1S/C15H25NO3/c1-13-4-5-15(18-3)14(12-13)6-9-19-11-8-16-7-10-17-2/h4-5,12,16H,6-11H2,1-3H3. The molecule has 4 nitrogen and oxygen atoms in total. The van der Waals surface area contributed by atoms with Crippen molar-refractivity contribution in [1.82, 2.24) is 5.32 Å². The predicted molar refractivity (Wildman–Crippen MR) is 77.0 cm³/mol. The third kappa shape index (κ3) is 6.57. The summed E-state index contributed by atoms with van der Waals surface area (Å²) in [5.41, 5.74) is 2.45. The van der Waals surface area contributed by atoms with E-state index in [1.165, 1.54) is 11.1 Å². The summed E-state index contributed by atoms with van der Waals surface area (Å²) in [7, 11) is 3.40. The van der Waals surface area contributed by atoms with Gasteiger partial charge in [-0.05, 0) is 25.0 Å². The summed E-state index contributed by atoms with van der Waals surface area (Å²) in [5.74, 6) is 0.937. The van der Waals surface area contributed by atoms with Crippen molar-refractivity contribution in [1.29, 1.82) is 0 Å². The maximum absolute atomic E-state index is 5.60. The molecule has 0 bridgehead atoms. The number of ether oxygens (including phenoxy) is 3. The molecule has 4 heteroatoms. The van der Waals surface area contributed by atoms with Crippen molar-refractivity contribution >= 4 is 0 Å². The highest BCUT2D eigenvalue weighted by Gasteiger charge is 2.02. The average molecular weight is 267 g/mol. The highest BCUT2D eigenvalue weighted by atomic mass is 16.5. The summed E-state index contributed by atoms with van der Waals surface area (Å²) < 4.78 is 15.9. The van der Waals surface area contributed by atoms with Crippen molar-refractivity contribution in [2.24, 2.45) is 0 Å². The van der Waals surface area contributed by atoms with Gasteiger partial charge in [0.2, 0.25) is 0 Å². The minimum absolute atomic E-state index is 0.714. The summed E-state index contributed by atoms with van der Waals surface area (Å²) in [6, 6.07) is 6.22. The van der Waals surface area contributed by atoms with Gasteiger partial charge in [-0.1, -0.05) is 17.7 Å². The van der Waals surface area contributed by atoms with Gasteiger partial charge in [-0.3, -0.25) is 0 Å². The van der Waals surface area contributed by atoms with E-state index in [9.17, 15) is 0 Å². The molecule has 1 aromatic carbocycles. The number of methoxy groups -OCH3 is 2. The molecule has 0 heterocycles. The first-order chi connectivity index (χ1) is 9.27. The van der Waals surface area contributed by atoms with Crippen LogP contribution < -0.4 is 10.1 Å². The fraction of sp³-hybridized carbons (Fsp3) is 0.600. The third-order valence-corrected chi connectivity index (χ3v) is 2.86. The molecule has 0 atom stereocenters. The summed E-state index contributed by atoms with van der Waals surface area (Å²) in [6.07, 6.45) is 0.878. The molecule has 1 N–H and O–H groups in total. The Morgan fingerprint density at radius 2 is 1.84 bits per heavy atom. The Morgan fingerprint density at radius 3 is 2.58 bits per heavy atom. The second-order valence-corrected chi connectivity index (χ2v) is 4.42. The molecule has 1 rings (SSSR count). The van der Waals surface area contributed by atoms with Crippen LogP contribution in [-0.2, 0) is 15.9 Å². The van der Waals surface area contributed by atoms with Crippen LogP contribution in [0.25, 0.3) is 0 Å². The minimum atomic E-state index is 0.714. The topological polar surface area (TPSA) is 39.7 Å². The molecular weight excluding hydrogens is 242 g/mol. The Morgan fingerprint density at radius 1 is 1.05 bits per heavy atom. The van der Waals surface area contributed by atoms with Gasteiger partial charge in [-0.25, -0.2) is 0 Å². The lowest BCUT2D eigenvalue weighted by molar-refractivity contribution is 0.135. The first-order valence-electron chi connectivity index (χ1n) is 6.69. The van der Waals surface area contributed by atoms with Gasteiger partial charge in [0.05, 0.1) is 26.9 Å². The highest BCUT2D eigenvalue weighted by Crippen LogP contribution is 2.19. The van der Waals surface area contributed by atoms with Crippen LogP contribution in [0.1, 0.15) is 11.1 Å². The number of hydrogen-bond donors (Lipinski definition) is 1. The molecule has 0 amide bonds. The number of hydrogen-bond acceptors (Lipinski definition) is 4. The van der Waals surface area contributed by atoms with Gasteiger partial charge in [0.25, 0.3) is 0 Å². The number of nitrogens with one attached hydrogen (secondary N) is 1. The van der Waals surface area contributed by atoms with E-state index in [0.29, 0.717) is 6.61 Å². The maximum atomic E-state index is 5.60. The van der Waals surface area contributed by atoms with E-state index in [1.807, 2.05) is 6.07 Å². The zero-order valence-electron chi connectivity index (χ0n) is 12.2. The number of benzene rings is 1. The zero-order valence-corrected chi connectivity index (χ0v) is 12.2. The van der Waals surface area contributed by atoms with E-state index >= 15 is 0 Å².